The lowest BCUT2D eigenvalue weighted by Crippen LogP contribution is -2.31. The third kappa shape index (κ3) is 3.50. The number of aromatic nitrogens is 3. The van der Waals surface area contributed by atoms with Gasteiger partial charge in [0.2, 0.25) is 5.95 Å². The number of hydrogen-bond donors (Lipinski definition) is 0. The van der Waals surface area contributed by atoms with E-state index in [-0.39, 0.29) is 5.25 Å². The highest BCUT2D eigenvalue weighted by atomic mass is 32.2. The van der Waals surface area contributed by atoms with Gasteiger partial charge < -0.3 is 4.90 Å². The number of rotatable bonds is 4. The third-order valence-electron chi connectivity index (χ3n) is 4.01. The summed E-state index contributed by atoms with van der Waals surface area (Å²) in [4.78, 5) is 2.30. The number of aryl methyl sites for hydroxylation is 1. The van der Waals surface area contributed by atoms with Crippen LogP contribution in [0.25, 0.3) is 5.69 Å². The van der Waals surface area contributed by atoms with Crippen LogP contribution >= 0.6 is 11.8 Å². The van der Waals surface area contributed by atoms with E-state index >= 15 is 0 Å². The molecule has 1 aliphatic rings. The summed E-state index contributed by atoms with van der Waals surface area (Å²) in [6.45, 7) is 6.00. The standard InChI is InChI=1S/C17H21N5S/c1-13-6-8-15(9-7-13)22-16(21-10-4-3-5-11-21)19-20-17(22)23-14(2)12-18/h6-9,14H,3-5,10-11H2,1-2H3. The molecule has 6 heteroatoms. The van der Waals surface area contributed by atoms with Crippen LogP contribution in [0.1, 0.15) is 31.7 Å². The molecule has 5 nitrogen and oxygen atoms in total. The van der Waals surface area contributed by atoms with E-state index in [2.05, 4.69) is 56.9 Å². The van der Waals surface area contributed by atoms with Gasteiger partial charge in [0.05, 0.1) is 17.0 Å². The van der Waals surface area contributed by atoms with Crippen molar-refractivity contribution in [1.29, 1.82) is 5.26 Å². The SMILES string of the molecule is Cc1ccc(-n2c(SC(C)C#N)nnc2N2CCCCC2)cc1. The van der Waals surface area contributed by atoms with Gasteiger partial charge in [0, 0.05) is 13.1 Å². The Kier molecular flexibility index (Phi) is 4.87. The highest BCUT2D eigenvalue weighted by molar-refractivity contribution is 8.00. The summed E-state index contributed by atoms with van der Waals surface area (Å²) in [5, 5.41) is 18.5. The largest absolute Gasteiger partial charge is 0.341 e. The molecule has 23 heavy (non-hydrogen) atoms. The molecule has 1 fully saturated rings. The zero-order valence-electron chi connectivity index (χ0n) is 13.6. The van der Waals surface area contributed by atoms with Gasteiger partial charge >= 0.3 is 0 Å². The molecule has 2 heterocycles. The fraction of sp³-hybridized carbons (Fsp3) is 0.471. The van der Waals surface area contributed by atoms with Gasteiger partial charge in [0.15, 0.2) is 5.16 Å². The molecule has 1 unspecified atom stereocenters. The van der Waals surface area contributed by atoms with Crippen molar-refractivity contribution in [1.82, 2.24) is 14.8 Å². The van der Waals surface area contributed by atoms with E-state index in [9.17, 15) is 0 Å². The van der Waals surface area contributed by atoms with Gasteiger partial charge in [0.25, 0.3) is 0 Å². The van der Waals surface area contributed by atoms with Gasteiger partial charge in [-0.05, 0) is 45.2 Å². The second-order valence-electron chi connectivity index (χ2n) is 5.89. The maximum Gasteiger partial charge on any atom is 0.232 e. The highest BCUT2D eigenvalue weighted by Crippen LogP contribution is 2.30. The predicted molar refractivity (Wildman–Crippen MR) is 93.1 cm³/mol. The van der Waals surface area contributed by atoms with Crippen LogP contribution in [0, 0.1) is 18.3 Å². The minimum atomic E-state index is -0.155. The fourth-order valence-electron chi connectivity index (χ4n) is 2.74. The highest BCUT2D eigenvalue weighted by Gasteiger charge is 2.22. The van der Waals surface area contributed by atoms with Crippen LogP contribution in [0.5, 0.6) is 0 Å². The minimum Gasteiger partial charge on any atom is -0.341 e. The normalized spacial score (nSPS) is 16.1. The predicted octanol–water partition coefficient (Wildman–Crippen LogP) is 3.57. The van der Waals surface area contributed by atoms with Crippen molar-refractivity contribution in [3.05, 3.63) is 29.8 Å². The van der Waals surface area contributed by atoms with E-state index in [0.29, 0.717) is 0 Å². The second kappa shape index (κ2) is 7.05. The summed E-state index contributed by atoms with van der Waals surface area (Å²) < 4.78 is 2.09. The van der Waals surface area contributed by atoms with Crippen molar-refractivity contribution in [2.45, 2.75) is 43.5 Å². The van der Waals surface area contributed by atoms with Crippen molar-refractivity contribution in [2.24, 2.45) is 0 Å². The quantitative estimate of drug-likeness (QED) is 0.804. The van der Waals surface area contributed by atoms with E-state index in [1.807, 2.05) is 6.92 Å². The first-order chi connectivity index (χ1) is 11.2. The Morgan fingerprint density at radius 2 is 1.83 bits per heavy atom. The van der Waals surface area contributed by atoms with E-state index in [4.69, 9.17) is 5.26 Å². The summed E-state index contributed by atoms with van der Waals surface area (Å²) in [5.41, 5.74) is 2.27. The molecule has 3 rings (SSSR count). The molecule has 0 saturated carbocycles. The van der Waals surface area contributed by atoms with Crippen molar-refractivity contribution in [3.8, 4) is 11.8 Å². The average molecular weight is 327 g/mol. The lowest BCUT2D eigenvalue weighted by molar-refractivity contribution is 0.564. The van der Waals surface area contributed by atoms with Gasteiger partial charge in [-0.1, -0.05) is 29.5 Å². The molecular weight excluding hydrogens is 306 g/mol. The summed E-state index contributed by atoms with van der Waals surface area (Å²) in [7, 11) is 0. The molecule has 120 valence electrons. The number of thioether (sulfide) groups is 1. The van der Waals surface area contributed by atoms with Gasteiger partial charge in [0.1, 0.15) is 0 Å². The lowest BCUT2D eigenvalue weighted by atomic mass is 10.1. The van der Waals surface area contributed by atoms with E-state index in [1.165, 1.54) is 36.6 Å². The van der Waals surface area contributed by atoms with Crippen molar-refractivity contribution >= 4 is 17.7 Å². The average Bonchev–Trinajstić information content (AvgIpc) is 3.00. The summed E-state index contributed by atoms with van der Waals surface area (Å²) in [6.07, 6.45) is 3.66. The Balaban J connectivity index is 2.02. The van der Waals surface area contributed by atoms with Crippen LogP contribution in [0.4, 0.5) is 5.95 Å². The van der Waals surface area contributed by atoms with Crippen LogP contribution < -0.4 is 4.90 Å². The minimum absolute atomic E-state index is 0.155. The zero-order chi connectivity index (χ0) is 16.2. The number of benzene rings is 1. The first kappa shape index (κ1) is 15.9. The Labute approximate surface area is 141 Å². The summed E-state index contributed by atoms with van der Waals surface area (Å²) in [5.74, 6) is 0.890. The monoisotopic (exact) mass is 327 g/mol. The number of piperidine rings is 1. The maximum absolute atomic E-state index is 9.11. The van der Waals surface area contributed by atoms with Gasteiger partial charge in [-0.3, -0.25) is 4.57 Å². The first-order valence-corrected chi connectivity index (χ1v) is 8.90. The van der Waals surface area contributed by atoms with Crippen LogP contribution in [0.3, 0.4) is 0 Å². The fourth-order valence-corrected chi connectivity index (χ4v) is 3.49. The molecule has 1 aliphatic heterocycles. The molecule has 0 radical (unpaired) electrons. The van der Waals surface area contributed by atoms with Crippen molar-refractivity contribution in [2.75, 3.05) is 18.0 Å². The molecule has 0 spiro atoms. The maximum atomic E-state index is 9.11. The molecule has 0 bridgehead atoms. The Morgan fingerprint density at radius 1 is 1.13 bits per heavy atom. The second-order valence-corrected chi connectivity index (χ2v) is 7.20. The van der Waals surface area contributed by atoms with Gasteiger partial charge in [-0.15, -0.1) is 10.2 Å². The topological polar surface area (TPSA) is 57.7 Å². The van der Waals surface area contributed by atoms with Crippen molar-refractivity contribution < 1.29 is 0 Å². The van der Waals surface area contributed by atoms with E-state index < -0.39 is 0 Å². The van der Waals surface area contributed by atoms with Crippen LogP contribution in [-0.4, -0.2) is 33.1 Å². The molecule has 1 saturated heterocycles. The Morgan fingerprint density at radius 3 is 2.48 bits per heavy atom. The molecule has 2 aromatic rings. The van der Waals surface area contributed by atoms with Gasteiger partial charge in [-0.2, -0.15) is 5.26 Å². The molecular formula is C17H21N5S. The van der Waals surface area contributed by atoms with E-state index in [1.54, 1.807) is 0 Å². The third-order valence-corrected chi connectivity index (χ3v) is 4.95. The number of anilines is 1. The molecule has 0 N–H and O–H groups in total. The van der Waals surface area contributed by atoms with Crippen molar-refractivity contribution in [3.63, 3.8) is 0 Å². The molecule has 0 aliphatic carbocycles. The molecule has 1 atom stereocenters. The summed E-state index contributed by atoms with van der Waals surface area (Å²) >= 11 is 1.46. The zero-order valence-corrected chi connectivity index (χ0v) is 14.4. The van der Waals surface area contributed by atoms with E-state index in [0.717, 1.165) is 29.9 Å². The Hall–Kier alpha value is -2.00. The summed E-state index contributed by atoms with van der Waals surface area (Å²) in [6, 6.07) is 10.6. The van der Waals surface area contributed by atoms with Crippen LogP contribution in [0.2, 0.25) is 0 Å². The number of nitriles is 1. The smallest absolute Gasteiger partial charge is 0.232 e. The Bertz CT molecular complexity index is 695. The first-order valence-electron chi connectivity index (χ1n) is 8.02. The number of hydrogen-bond acceptors (Lipinski definition) is 5. The lowest BCUT2D eigenvalue weighted by Gasteiger charge is -2.27. The molecule has 1 aromatic heterocycles. The molecule has 1 aromatic carbocycles. The molecule has 0 amide bonds. The number of nitrogens with zero attached hydrogens (tertiary/aromatic N) is 5. The van der Waals surface area contributed by atoms with Crippen LogP contribution in [-0.2, 0) is 0 Å². The van der Waals surface area contributed by atoms with Crippen LogP contribution in [0.15, 0.2) is 29.4 Å². The van der Waals surface area contributed by atoms with Gasteiger partial charge in [-0.25, -0.2) is 0 Å².